The number of hydrogen-bond donors (Lipinski definition) is 2. The van der Waals surface area contributed by atoms with Gasteiger partial charge in [-0.3, -0.25) is 9.59 Å². The van der Waals surface area contributed by atoms with Gasteiger partial charge in [0.25, 0.3) is 0 Å². The molecule has 0 heterocycles. The van der Waals surface area contributed by atoms with E-state index in [2.05, 4.69) is 10.6 Å². The van der Waals surface area contributed by atoms with Crippen molar-refractivity contribution in [3.05, 3.63) is 29.8 Å². The van der Waals surface area contributed by atoms with Crippen LogP contribution in [0.25, 0.3) is 0 Å². The second kappa shape index (κ2) is 7.01. The SMILES string of the molecule is CCNC(=O)Cc1ccc(NC(=O)C(C)Cl)cc1. The van der Waals surface area contributed by atoms with E-state index >= 15 is 0 Å². The number of anilines is 1. The van der Waals surface area contributed by atoms with Crippen molar-refractivity contribution in [1.82, 2.24) is 5.32 Å². The fourth-order valence-electron chi connectivity index (χ4n) is 1.39. The minimum atomic E-state index is -0.569. The lowest BCUT2D eigenvalue weighted by Gasteiger charge is -2.07. The third-order valence-electron chi connectivity index (χ3n) is 2.32. The molecule has 2 N–H and O–H groups in total. The molecular formula is C13H17ClN2O2. The van der Waals surface area contributed by atoms with Crippen LogP contribution in [0.15, 0.2) is 24.3 Å². The first kappa shape index (κ1) is 14.5. The summed E-state index contributed by atoms with van der Waals surface area (Å²) in [5.41, 5.74) is 1.57. The highest BCUT2D eigenvalue weighted by atomic mass is 35.5. The van der Waals surface area contributed by atoms with E-state index in [4.69, 9.17) is 11.6 Å². The smallest absolute Gasteiger partial charge is 0.242 e. The summed E-state index contributed by atoms with van der Waals surface area (Å²) >= 11 is 5.65. The molecule has 1 rings (SSSR count). The molecule has 0 radical (unpaired) electrons. The van der Waals surface area contributed by atoms with Crippen molar-refractivity contribution in [2.24, 2.45) is 0 Å². The lowest BCUT2D eigenvalue weighted by atomic mass is 10.1. The average molecular weight is 269 g/mol. The van der Waals surface area contributed by atoms with Gasteiger partial charge in [0.1, 0.15) is 5.38 Å². The van der Waals surface area contributed by atoms with Gasteiger partial charge in [0.15, 0.2) is 0 Å². The summed E-state index contributed by atoms with van der Waals surface area (Å²) in [5.74, 6) is -0.253. The summed E-state index contributed by atoms with van der Waals surface area (Å²) < 4.78 is 0. The maximum Gasteiger partial charge on any atom is 0.242 e. The lowest BCUT2D eigenvalue weighted by Crippen LogP contribution is -2.24. The summed E-state index contributed by atoms with van der Waals surface area (Å²) in [7, 11) is 0. The number of alkyl halides is 1. The van der Waals surface area contributed by atoms with Crippen LogP contribution >= 0.6 is 11.6 Å². The maximum atomic E-state index is 11.4. The van der Waals surface area contributed by atoms with Crippen molar-refractivity contribution in [3.63, 3.8) is 0 Å². The van der Waals surface area contributed by atoms with Crippen molar-refractivity contribution in [1.29, 1.82) is 0 Å². The summed E-state index contributed by atoms with van der Waals surface area (Å²) in [6, 6.07) is 7.13. The van der Waals surface area contributed by atoms with Gasteiger partial charge in [0, 0.05) is 12.2 Å². The van der Waals surface area contributed by atoms with Crippen LogP contribution in [-0.4, -0.2) is 23.7 Å². The Morgan fingerprint density at radius 2 is 1.89 bits per heavy atom. The summed E-state index contributed by atoms with van der Waals surface area (Å²) in [6.45, 7) is 4.12. The fourth-order valence-corrected chi connectivity index (χ4v) is 1.45. The Balaban J connectivity index is 2.57. The molecule has 1 aromatic rings. The molecule has 0 aliphatic rings. The molecule has 0 aliphatic carbocycles. The van der Waals surface area contributed by atoms with Crippen LogP contribution in [0.1, 0.15) is 19.4 Å². The molecule has 0 spiro atoms. The first-order valence-corrected chi connectivity index (χ1v) is 6.27. The van der Waals surface area contributed by atoms with Crippen LogP contribution in [0.4, 0.5) is 5.69 Å². The van der Waals surface area contributed by atoms with Gasteiger partial charge in [-0.1, -0.05) is 12.1 Å². The van der Waals surface area contributed by atoms with E-state index in [0.717, 1.165) is 5.56 Å². The number of nitrogens with one attached hydrogen (secondary N) is 2. The topological polar surface area (TPSA) is 58.2 Å². The molecule has 5 heteroatoms. The van der Waals surface area contributed by atoms with Crippen LogP contribution < -0.4 is 10.6 Å². The van der Waals surface area contributed by atoms with Gasteiger partial charge in [-0.2, -0.15) is 0 Å². The Morgan fingerprint density at radius 3 is 2.39 bits per heavy atom. The number of carbonyl (C=O) groups is 2. The molecule has 0 aromatic heterocycles. The highest BCUT2D eigenvalue weighted by Crippen LogP contribution is 2.11. The largest absolute Gasteiger partial charge is 0.356 e. The van der Waals surface area contributed by atoms with Crippen LogP contribution in [0.5, 0.6) is 0 Å². The first-order valence-electron chi connectivity index (χ1n) is 5.83. The minimum Gasteiger partial charge on any atom is -0.356 e. The summed E-state index contributed by atoms with van der Waals surface area (Å²) in [6.07, 6.45) is 0.341. The monoisotopic (exact) mass is 268 g/mol. The molecule has 0 bridgehead atoms. The summed E-state index contributed by atoms with van der Waals surface area (Å²) in [5, 5.41) is 4.84. The number of hydrogen-bond acceptors (Lipinski definition) is 2. The van der Waals surface area contributed by atoms with Crippen molar-refractivity contribution in [3.8, 4) is 0 Å². The number of halogens is 1. The molecule has 1 aromatic carbocycles. The number of likely N-dealkylation sites (N-methyl/N-ethyl adjacent to an activating group) is 1. The Bertz CT molecular complexity index is 416. The van der Waals surface area contributed by atoms with Gasteiger partial charge in [-0.25, -0.2) is 0 Å². The molecule has 0 saturated heterocycles. The number of benzene rings is 1. The third-order valence-corrected chi connectivity index (χ3v) is 2.52. The molecule has 1 atom stereocenters. The molecule has 0 fully saturated rings. The first-order chi connectivity index (χ1) is 8.52. The number of carbonyl (C=O) groups excluding carboxylic acids is 2. The number of rotatable bonds is 5. The van der Waals surface area contributed by atoms with E-state index in [-0.39, 0.29) is 11.8 Å². The van der Waals surface area contributed by atoms with Crippen LogP contribution in [0.3, 0.4) is 0 Å². The fraction of sp³-hybridized carbons (Fsp3) is 0.385. The molecular weight excluding hydrogens is 252 g/mol. The lowest BCUT2D eigenvalue weighted by molar-refractivity contribution is -0.120. The van der Waals surface area contributed by atoms with Gasteiger partial charge in [0.05, 0.1) is 6.42 Å². The van der Waals surface area contributed by atoms with Crippen molar-refractivity contribution < 1.29 is 9.59 Å². The average Bonchev–Trinajstić information content (AvgIpc) is 2.31. The van der Waals surface area contributed by atoms with E-state index in [1.807, 2.05) is 19.1 Å². The molecule has 0 saturated carbocycles. The molecule has 18 heavy (non-hydrogen) atoms. The van der Waals surface area contributed by atoms with Gasteiger partial charge >= 0.3 is 0 Å². The van der Waals surface area contributed by atoms with Gasteiger partial charge in [-0.15, -0.1) is 11.6 Å². The Kier molecular flexibility index (Phi) is 5.65. The molecule has 2 amide bonds. The van der Waals surface area contributed by atoms with Crippen LogP contribution in [-0.2, 0) is 16.0 Å². The van der Waals surface area contributed by atoms with Gasteiger partial charge < -0.3 is 10.6 Å². The van der Waals surface area contributed by atoms with Gasteiger partial charge in [0.2, 0.25) is 11.8 Å². The number of amides is 2. The van der Waals surface area contributed by atoms with E-state index in [1.54, 1.807) is 19.1 Å². The van der Waals surface area contributed by atoms with Gasteiger partial charge in [-0.05, 0) is 31.5 Å². The van der Waals surface area contributed by atoms with Crippen molar-refractivity contribution >= 4 is 29.1 Å². The van der Waals surface area contributed by atoms with Crippen LogP contribution in [0, 0.1) is 0 Å². The maximum absolute atomic E-state index is 11.4. The molecule has 1 unspecified atom stereocenters. The summed E-state index contributed by atoms with van der Waals surface area (Å²) in [4.78, 5) is 22.7. The van der Waals surface area contributed by atoms with E-state index in [9.17, 15) is 9.59 Å². The quantitative estimate of drug-likeness (QED) is 0.802. The van der Waals surface area contributed by atoms with Crippen molar-refractivity contribution in [2.75, 3.05) is 11.9 Å². The zero-order chi connectivity index (χ0) is 13.5. The van der Waals surface area contributed by atoms with Crippen LogP contribution in [0.2, 0.25) is 0 Å². The zero-order valence-corrected chi connectivity index (χ0v) is 11.3. The Morgan fingerprint density at radius 1 is 1.28 bits per heavy atom. The van der Waals surface area contributed by atoms with E-state index in [1.165, 1.54) is 0 Å². The van der Waals surface area contributed by atoms with E-state index in [0.29, 0.717) is 18.7 Å². The predicted octanol–water partition coefficient (Wildman–Crippen LogP) is 1.93. The standard InChI is InChI=1S/C13H17ClN2O2/c1-3-15-12(17)8-10-4-6-11(7-5-10)16-13(18)9(2)14/h4-7,9H,3,8H2,1-2H3,(H,15,17)(H,16,18). The van der Waals surface area contributed by atoms with E-state index < -0.39 is 5.38 Å². The molecule has 98 valence electrons. The highest BCUT2D eigenvalue weighted by molar-refractivity contribution is 6.32. The molecule has 0 aliphatic heterocycles. The highest BCUT2D eigenvalue weighted by Gasteiger charge is 2.09. The normalized spacial score (nSPS) is 11.7. The molecule has 4 nitrogen and oxygen atoms in total. The second-order valence-electron chi connectivity index (χ2n) is 3.93. The zero-order valence-electron chi connectivity index (χ0n) is 10.5. The second-order valence-corrected chi connectivity index (χ2v) is 4.59. The third kappa shape index (κ3) is 4.75. The predicted molar refractivity (Wildman–Crippen MR) is 72.8 cm³/mol. The van der Waals surface area contributed by atoms with Crippen molar-refractivity contribution in [2.45, 2.75) is 25.6 Å². The Hall–Kier alpha value is -1.55. The minimum absolute atomic E-state index is 0.0105. The Labute approximate surface area is 112 Å².